The lowest BCUT2D eigenvalue weighted by Gasteiger charge is -2.17. The van der Waals surface area contributed by atoms with Crippen molar-refractivity contribution in [1.29, 1.82) is 0 Å². The molecule has 0 aromatic heterocycles. The molecule has 0 saturated heterocycles. The Morgan fingerprint density at radius 1 is 1.19 bits per heavy atom. The highest BCUT2D eigenvalue weighted by Crippen LogP contribution is 2.24. The molecule has 2 rings (SSSR count). The number of hydrogen-bond donors (Lipinski definition) is 3. The van der Waals surface area contributed by atoms with Gasteiger partial charge in [0.25, 0.3) is 10.0 Å². The maximum Gasteiger partial charge on any atom is 0.261 e. The van der Waals surface area contributed by atoms with Crippen LogP contribution in [0.25, 0.3) is 0 Å². The maximum atomic E-state index is 12.5. The molecular weight excluding hydrogens is 350 g/mol. The summed E-state index contributed by atoms with van der Waals surface area (Å²) in [4.78, 5) is 12.1. The summed E-state index contributed by atoms with van der Waals surface area (Å²) in [5.41, 5.74) is 1.82. The van der Waals surface area contributed by atoms with E-state index in [-0.39, 0.29) is 17.3 Å². The van der Waals surface area contributed by atoms with Crippen LogP contribution in [0.1, 0.15) is 12.5 Å². The number of amides is 1. The van der Waals surface area contributed by atoms with Gasteiger partial charge < -0.3 is 10.6 Å². The third-order valence-electron chi connectivity index (χ3n) is 3.68. The molecule has 3 N–H and O–H groups in total. The molecular formula is C19H21N3O3S. The zero-order valence-corrected chi connectivity index (χ0v) is 15.4. The number of carbonyl (C=O) groups excluding carboxylic acids is 1. The molecule has 2 aromatic carbocycles. The maximum absolute atomic E-state index is 12.5. The van der Waals surface area contributed by atoms with Gasteiger partial charge in [-0.1, -0.05) is 30.2 Å². The van der Waals surface area contributed by atoms with Crippen LogP contribution in [0.4, 0.5) is 11.4 Å². The van der Waals surface area contributed by atoms with Crippen molar-refractivity contribution >= 4 is 27.3 Å². The van der Waals surface area contributed by atoms with Gasteiger partial charge in [-0.05, 0) is 43.7 Å². The summed E-state index contributed by atoms with van der Waals surface area (Å²) in [5.74, 6) is 2.10. The minimum atomic E-state index is -3.69. The first kappa shape index (κ1) is 19.3. The Bertz CT molecular complexity index is 919. The highest BCUT2D eigenvalue weighted by Gasteiger charge is 2.16. The van der Waals surface area contributed by atoms with Crippen LogP contribution in [0.2, 0.25) is 0 Å². The molecule has 136 valence electrons. The van der Waals surface area contributed by atoms with Crippen LogP contribution < -0.4 is 15.4 Å². The van der Waals surface area contributed by atoms with Crippen LogP contribution in [0.3, 0.4) is 0 Å². The summed E-state index contributed by atoms with van der Waals surface area (Å²) in [6.07, 6.45) is 5.12. The van der Waals surface area contributed by atoms with Crippen molar-refractivity contribution in [3.8, 4) is 12.3 Å². The van der Waals surface area contributed by atoms with E-state index in [1.807, 2.05) is 0 Å². The first-order valence-corrected chi connectivity index (χ1v) is 9.48. The van der Waals surface area contributed by atoms with Gasteiger partial charge in [0.15, 0.2) is 0 Å². The topological polar surface area (TPSA) is 87.3 Å². The molecule has 0 aliphatic rings. The summed E-state index contributed by atoms with van der Waals surface area (Å²) in [6.45, 7) is 3.65. The van der Waals surface area contributed by atoms with Gasteiger partial charge in [0.05, 0.1) is 17.1 Å². The molecule has 0 unspecified atom stereocenters. The van der Waals surface area contributed by atoms with Gasteiger partial charge in [-0.15, -0.1) is 6.42 Å². The number of carbonyl (C=O) groups is 1. The Kier molecular flexibility index (Phi) is 6.26. The Morgan fingerprint density at radius 3 is 2.54 bits per heavy atom. The smallest absolute Gasteiger partial charge is 0.261 e. The van der Waals surface area contributed by atoms with Crippen molar-refractivity contribution in [3.05, 3.63) is 54.1 Å². The monoisotopic (exact) mass is 371 g/mol. The second kappa shape index (κ2) is 8.41. The molecule has 0 saturated carbocycles. The minimum Gasteiger partial charge on any atom is -0.374 e. The third kappa shape index (κ3) is 5.01. The van der Waals surface area contributed by atoms with E-state index in [2.05, 4.69) is 21.3 Å². The Hall–Kier alpha value is -2.98. The molecule has 0 heterocycles. The van der Waals surface area contributed by atoms with Gasteiger partial charge in [-0.3, -0.25) is 9.52 Å². The average Bonchev–Trinajstić information content (AvgIpc) is 2.63. The van der Waals surface area contributed by atoms with Crippen LogP contribution in [-0.2, 0) is 14.8 Å². The van der Waals surface area contributed by atoms with Gasteiger partial charge in [0.2, 0.25) is 5.91 Å². The summed E-state index contributed by atoms with van der Waals surface area (Å²) < 4.78 is 27.6. The van der Waals surface area contributed by atoms with Gasteiger partial charge in [-0.2, -0.15) is 0 Å². The molecule has 0 radical (unpaired) electrons. The molecule has 7 heteroatoms. The van der Waals surface area contributed by atoms with Crippen LogP contribution in [0, 0.1) is 19.3 Å². The molecule has 0 aliphatic heterocycles. The third-order valence-corrected chi connectivity index (χ3v) is 5.06. The minimum absolute atomic E-state index is 0.154. The van der Waals surface area contributed by atoms with Gasteiger partial charge >= 0.3 is 0 Å². The summed E-state index contributed by atoms with van der Waals surface area (Å²) in [5, 5.41) is 5.62. The van der Waals surface area contributed by atoms with Crippen molar-refractivity contribution in [1.82, 2.24) is 5.32 Å². The predicted molar refractivity (Wildman–Crippen MR) is 103 cm³/mol. The number of rotatable bonds is 7. The van der Waals surface area contributed by atoms with Crippen LogP contribution in [-0.4, -0.2) is 26.9 Å². The van der Waals surface area contributed by atoms with Crippen LogP contribution in [0.5, 0.6) is 0 Å². The molecule has 6 nitrogen and oxygen atoms in total. The van der Waals surface area contributed by atoms with Crippen molar-refractivity contribution in [2.45, 2.75) is 24.8 Å². The normalized spacial score (nSPS) is 11.9. The average molecular weight is 371 g/mol. The van der Waals surface area contributed by atoms with Crippen LogP contribution >= 0.6 is 0 Å². The predicted octanol–water partition coefficient (Wildman–Crippen LogP) is 2.35. The van der Waals surface area contributed by atoms with E-state index in [1.165, 1.54) is 12.1 Å². The molecule has 26 heavy (non-hydrogen) atoms. The molecule has 1 atom stereocenters. The number of hydrogen-bond acceptors (Lipinski definition) is 4. The van der Waals surface area contributed by atoms with E-state index in [0.717, 1.165) is 5.56 Å². The molecule has 2 aromatic rings. The highest BCUT2D eigenvalue weighted by molar-refractivity contribution is 7.92. The summed E-state index contributed by atoms with van der Waals surface area (Å²) >= 11 is 0. The molecule has 0 bridgehead atoms. The van der Waals surface area contributed by atoms with E-state index in [9.17, 15) is 13.2 Å². The van der Waals surface area contributed by atoms with Gasteiger partial charge in [0, 0.05) is 5.69 Å². The lowest BCUT2D eigenvalue weighted by atomic mass is 10.1. The molecule has 0 aliphatic carbocycles. The quantitative estimate of drug-likeness (QED) is 0.652. The number of nitrogens with one attached hydrogen (secondary N) is 3. The SMILES string of the molecule is C#CCNC(=O)[C@@H](C)Nc1ccc(C)c(NS(=O)(=O)c2ccccc2)c1. The van der Waals surface area contributed by atoms with Gasteiger partial charge in [-0.25, -0.2) is 8.42 Å². The lowest BCUT2D eigenvalue weighted by molar-refractivity contribution is -0.121. The van der Waals surface area contributed by atoms with E-state index < -0.39 is 16.1 Å². The summed E-state index contributed by atoms with van der Waals surface area (Å²) in [7, 11) is -3.69. The van der Waals surface area contributed by atoms with Crippen molar-refractivity contribution in [2.75, 3.05) is 16.6 Å². The van der Waals surface area contributed by atoms with Crippen molar-refractivity contribution in [2.24, 2.45) is 0 Å². The number of benzene rings is 2. The first-order valence-electron chi connectivity index (χ1n) is 7.99. The number of anilines is 2. The molecule has 0 fully saturated rings. The second-order valence-electron chi connectivity index (χ2n) is 5.74. The van der Waals surface area contributed by atoms with Crippen LogP contribution in [0.15, 0.2) is 53.4 Å². The standard InChI is InChI=1S/C19H21N3O3S/c1-4-12-20-19(23)15(3)21-16-11-10-14(2)18(13-16)22-26(24,25)17-8-6-5-7-9-17/h1,5-11,13,15,21-22H,12H2,2-3H3,(H,20,23)/t15-/m1/s1. The number of terminal acetylenes is 1. The number of sulfonamides is 1. The Balaban J connectivity index is 2.17. The zero-order valence-electron chi connectivity index (χ0n) is 14.6. The number of aryl methyl sites for hydroxylation is 1. The van der Waals surface area contributed by atoms with E-state index in [1.54, 1.807) is 50.2 Å². The van der Waals surface area contributed by atoms with E-state index >= 15 is 0 Å². The molecule has 0 spiro atoms. The molecule has 1 amide bonds. The lowest BCUT2D eigenvalue weighted by Crippen LogP contribution is -2.37. The fourth-order valence-corrected chi connectivity index (χ4v) is 3.37. The summed E-state index contributed by atoms with van der Waals surface area (Å²) in [6, 6.07) is 12.8. The van der Waals surface area contributed by atoms with E-state index in [4.69, 9.17) is 6.42 Å². The highest BCUT2D eigenvalue weighted by atomic mass is 32.2. The van der Waals surface area contributed by atoms with Crippen molar-refractivity contribution in [3.63, 3.8) is 0 Å². The fourth-order valence-electron chi connectivity index (χ4n) is 2.23. The van der Waals surface area contributed by atoms with Crippen molar-refractivity contribution < 1.29 is 13.2 Å². The largest absolute Gasteiger partial charge is 0.374 e. The first-order chi connectivity index (χ1) is 12.3. The Morgan fingerprint density at radius 2 is 1.88 bits per heavy atom. The zero-order chi connectivity index (χ0) is 19.2. The fraction of sp³-hybridized carbons (Fsp3) is 0.211. The second-order valence-corrected chi connectivity index (χ2v) is 7.42. The van der Waals surface area contributed by atoms with E-state index in [0.29, 0.717) is 11.4 Å². The van der Waals surface area contributed by atoms with Gasteiger partial charge in [0.1, 0.15) is 6.04 Å². The Labute approximate surface area is 154 Å².